The van der Waals surface area contributed by atoms with Crippen LogP contribution in [0.4, 0.5) is 0 Å². The van der Waals surface area contributed by atoms with Crippen molar-refractivity contribution in [1.82, 2.24) is 0 Å². The van der Waals surface area contributed by atoms with Crippen LogP contribution >= 0.6 is 27.5 Å². The summed E-state index contributed by atoms with van der Waals surface area (Å²) in [7, 11) is 0. The van der Waals surface area contributed by atoms with E-state index in [1.807, 2.05) is 24.3 Å². The van der Waals surface area contributed by atoms with Crippen molar-refractivity contribution in [2.45, 2.75) is 18.2 Å². The molecule has 1 aromatic rings. The number of carbonyl (C=O) groups is 1. The van der Waals surface area contributed by atoms with E-state index in [0.29, 0.717) is 6.42 Å². The van der Waals surface area contributed by atoms with E-state index in [0.717, 1.165) is 11.8 Å². The average Bonchev–Trinajstić information content (AvgIpc) is 2.15. The van der Waals surface area contributed by atoms with Crippen molar-refractivity contribution in [2.24, 2.45) is 0 Å². The van der Waals surface area contributed by atoms with Crippen molar-refractivity contribution in [3.05, 3.63) is 35.4 Å². The lowest BCUT2D eigenvalue weighted by Crippen LogP contribution is -1.95. The summed E-state index contributed by atoms with van der Waals surface area (Å²) in [5, 5.41) is 0.545. The molecule has 0 heterocycles. The molecule has 0 fully saturated rings. The van der Waals surface area contributed by atoms with E-state index >= 15 is 0 Å². The predicted octanol–water partition coefficient (Wildman–Crippen LogP) is 3.28. The zero-order valence-electron chi connectivity index (χ0n) is 7.09. The van der Waals surface area contributed by atoms with Gasteiger partial charge in [-0.2, -0.15) is 0 Å². The van der Waals surface area contributed by atoms with Gasteiger partial charge in [0.15, 0.2) is 0 Å². The maximum absolute atomic E-state index is 10.6. The van der Waals surface area contributed by atoms with Crippen LogP contribution in [-0.2, 0) is 16.5 Å². The topological polar surface area (TPSA) is 17.1 Å². The van der Waals surface area contributed by atoms with Crippen LogP contribution in [0.15, 0.2) is 24.3 Å². The van der Waals surface area contributed by atoms with Crippen LogP contribution in [0.3, 0.4) is 0 Å². The maximum Gasteiger partial charge on any atom is 0.221 e. The highest BCUT2D eigenvalue weighted by atomic mass is 79.9. The van der Waals surface area contributed by atoms with Crippen molar-refractivity contribution in [3.8, 4) is 0 Å². The Morgan fingerprint density at radius 2 is 1.92 bits per heavy atom. The van der Waals surface area contributed by atoms with E-state index in [9.17, 15) is 4.79 Å². The highest BCUT2D eigenvalue weighted by Gasteiger charge is 2.02. The largest absolute Gasteiger partial charge is 0.281 e. The summed E-state index contributed by atoms with van der Waals surface area (Å²) in [5.74, 6) is 0. The van der Waals surface area contributed by atoms with Gasteiger partial charge in [-0.15, -0.1) is 0 Å². The van der Waals surface area contributed by atoms with Gasteiger partial charge in [-0.3, -0.25) is 4.79 Å². The van der Waals surface area contributed by atoms with Crippen LogP contribution < -0.4 is 0 Å². The number of hydrogen-bond acceptors (Lipinski definition) is 1. The van der Waals surface area contributed by atoms with Gasteiger partial charge >= 0.3 is 0 Å². The molecule has 0 aromatic heterocycles. The molecule has 0 aliphatic carbocycles. The Hall–Kier alpha value is -0.340. The summed E-state index contributed by atoms with van der Waals surface area (Å²) < 4.78 is 0. The Morgan fingerprint density at radius 1 is 1.31 bits per heavy atom. The molecule has 0 atom stereocenters. The summed E-state index contributed by atoms with van der Waals surface area (Å²) in [4.78, 5) is 10.6. The van der Waals surface area contributed by atoms with Gasteiger partial charge in [0.1, 0.15) is 0 Å². The molecule has 0 bridgehead atoms. The molecular formula is C10H10BrClO. The summed E-state index contributed by atoms with van der Waals surface area (Å²) in [5.41, 5.74) is 2.41. The van der Waals surface area contributed by atoms with Gasteiger partial charge in [-0.25, -0.2) is 0 Å². The molecule has 3 heteroatoms. The third-order valence-corrected chi connectivity index (χ3v) is 2.65. The summed E-state index contributed by atoms with van der Waals surface area (Å²) in [6.07, 6.45) is 1.13. The number of rotatable bonds is 4. The van der Waals surface area contributed by atoms with Gasteiger partial charge in [0.2, 0.25) is 5.24 Å². The fourth-order valence-corrected chi connectivity index (χ4v) is 1.81. The third kappa shape index (κ3) is 3.49. The summed E-state index contributed by atoms with van der Waals surface area (Å²) >= 11 is 8.67. The Kier molecular flexibility index (Phi) is 4.46. The number of aryl methyl sites for hydroxylation is 1. The van der Waals surface area contributed by atoms with E-state index < -0.39 is 0 Å². The number of carbonyl (C=O) groups excluding carboxylic acids is 1. The second kappa shape index (κ2) is 5.40. The van der Waals surface area contributed by atoms with E-state index in [-0.39, 0.29) is 5.24 Å². The molecule has 0 saturated carbocycles. The maximum atomic E-state index is 10.6. The van der Waals surface area contributed by atoms with E-state index in [1.54, 1.807) is 0 Å². The van der Waals surface area contributed by atoms with E-state index in [2.05, 4.69) is 15.9 Å². The Bertz CT molecular complexity index is 299. The van der Waals surface area contributed by atoms with Gasteiger partial charge in [-0.05, 0) is 29.1 Å². The normalized spacial score (nSPS) is 10.0. The smallest absolute Gasteiger partial charge is 0.221 e. The fourth-order valence-electron chi connectivity index (χ4n) is 1.16. The Morgan fingerprint density at radius 3 is 2.46 bits per heavy atom. The lowest BCUT2D eigenvalue weighted by Gasteiger charge is -2.04. The molecule has 0 N–H and O–H groups in total. The first-order valence-corrected chi connectivity index (χ1v) is 5.55. The minimum Gasteiger partial charge on any atom is -0.281 e. The van der Waals surface area contributed by atoms with Crippen molar-refractivity contribution >= 4 is 32.8 Å². The first kappa shape index (κ1) is 10.7. The monoisotopic (exact) mass is 260 g/mol. The molecular weight excluding hydrogens is 251 g/mol. The predicted molar refractivity (Wildman–Crippen MR) is 58.3 cm³/mol. The van der Waals surface area contributed by atoms with Crippen molar-refractivity contribution < 1.29 is 4.79 Å². The van der Waals surface area contributed by atoms with Crippen LogP contribution in [0.25, 0.3) is 0 Å². The number of alkyl halides is 1. The highest BCUT2D eigenvalue weighted by molar-refractivity contribution is 9.08. The minimum absolute atomic E-state index is 0.274. The Balaban J connectivity index is 2.69. The zero-order valence-corrected chi connectivity index (χ0v) is 9.44. The van der Waals surface area contributed by atoms with Crippen LogP contribution in [0, 0.1) is 0 Å². The SMILES string of the molecule is O=C(Cl)CCc1ccccc1CBr. The molecule has 1 aromatic carbocycles. The van der Waals surface area contributed by atoms with Crippen LogP contribution in [0.2, 0.25) is 0 Å². The van der Waals surface area contributed by atoms with Gasteiger partial charge in [0.05, 0.1) is 0 Å². The number of halogens is 2. The lowest BCUT2D eigenvalue weighted by molar-refractivity contribution is -0.111. The first-order chi connectivity index (χ1) is 6.24. The molecule has 0 aliphatic rings. The molecule has 1 nitrogen and oxygen atoms in total. The molecule has 0 spiro atoms. The third-order valence-electron chi connectivity index (χ3n) is 1.85. The summed E-state index contributed by atoms with van der Waals surface area (Å²) in [6.45, 7) is 0. The fraction of sp³-hybridized carbons (Fsp3) is 0.300. The van der Waals surface area contributed by atoms with Gasteiger partial charge in [0, 0.05) is 11.8 Å². The van der Waals surface area contributed by atoms with Crippen LogP contribution in [0.1, 0.15) is 17.5 Å². The molecule has 0 amide bonds. The summed E-state index contributed by atoms with van der Waals surface area (Å²) in [6, 6.07) is 8.03. The molecule has 0 saturated heterocycles. The standard InChI is InChI=1S/C10H10BrClO/c11-7-9-4-2-1-3-8(9)5-6-10(12)13/h1-4H,5-7H2. The second-order valence-corrected chi connectivity index (χ2v) is 3.74. The molecule has 70 valence electrons. The van der Waals surface area contributed by atoms with Gasteiger partial charge in [0.25, 0.3) is 0 Å². The number of benzene rings is 1. The lowest BCUT2D eigenvalue weighted by atomic mass is 10.0. The molecule has 0 aliphatic heterocycles. The molecule has 1 rings (SSSR count). The average molecular weight is 262 g/mol. The molecule has 13 heavy (non-hydrogen) atoms. The highest BCUT2D eigenvalue weighted by Crippen LogP contribution is 2.14. The van der Waals surface area contributed by atoms with Crippen molar-refractivity contribution in [1.29, 1.82) is 0 Å². The number of hydrogen-bond donors (Lipinski definition) is 0. The zero-order chi connectivity index (χ0) is 9.68. The Labute approximate surface area is 91.2 Å². The van der Waals surface area contributed by atoms with Gasteiger partial charge in [-0.1, -0.05) is 40.2 Å². The van der Waals surface area contributed by atoms with E-state index in [4.69, 9.17) is 11.6 Å². The quantitative estimate of drug-likeness (QED) is 0.600. The molecule has 0 unspecified atom stereocenters. The molecule has 0 radical (unpaired) electrons. The van der Waals surface area contributed by atoms with Crippen molar-refractivity contribution in [2.75, 3.05) is 0 Å². The second-order valence-electron chi connectivity index (χ2n) is 2.76. The minimum atomic E-state index is -0.274. The van der Waals surface area contributed by atoms with Crippen LogP contribution in [-0.4, -0.2) is 5.24 Å². The van der Waals surface area contributed by atoms with E-state index in [1.165, 1.54) is 11.1 Å². The van der Waals surface area contributed by atoms with Crippen molar-refractivity contribution in [3.63, 3.8) is 0 Å². The van der Waals surface area contributed by atoms with Crippen LogP contribution in [0.5, 0.6) is 0 Å². The first-order valence-electron chi connectivity index (χ1n) is 4.05. The van der Waals surface area contributed by atoms with Gasteiger partial charge < -0.3 is 0 Å².